The van der Waals surface area contributed by atoms with E-state index in [1.165, 1.54) is 0 Å². The summed E-state index contributed by atoms with van der Waals surface area (Å²) in [6.45, 7) is 2.44. The van der Waals surface area contributed by atoms with Crippen molar-refractivity contribution in [3.8, 4) is 0 Å². The molecule has 1 aromatic rings. The number of ether oxygens (including phenoxy) is 1. The van der Waals surface area contributed by atoms with Crippen molar-refractivity contribution in [2.45, 2.75) is 12.7 Å². The van der Waals surface area contributed by atoms with Gasteiger partial charge in [-0.15, -0.1) is 0 Å². The van der Waals surface area contributed by atoms with E-state index in [-0.39, 0.29) is 0 Å². The van der Waals surface area contributed by atoms with Crippen LogP contribution in [0.1, 0.15) is 5.76 Å². The quantitative estimate of drug-likeness (QED) is 0.673. The number of nitrogens with zero attached hydrogens (tertiary/aromatic N) is 1. The summed E-state index contributed by atoms with van der Waals surface area (Å²) >= 11 is 0. The van der Waals surface area contributed by atoms with Crippen LogP contribution in [-0.2, 0) is 11.3 Å². The maximum atomic E-state index is 5.43. The fourth-order valence-electron chi connectivity index (χ4n) is 0.897. The molecule has 0 bridgehead atoms. The highest BCUT2D eigenvalue weighted by Gasteiger charge is 2.17. The fourth-order valence-corrected chi connectivity index (χ4v) is 0.897. The number of hydrogen-bond donors (Lipinski definition) is 1. The number of hydrogen-bond acceptors (Lipinski definition) is 4. The first kappa shape index (κ1) is 6.82. The van der Waals surface area contributed by atoms with Gasteiger partial charge >= 0.3 is 0 Å². The van der Waals surface area contributed by atoms with Gasteiger partial charge in [0.15, 0.2) is 5.76 Å². The Morgan fingerprint density at radius 3 is 3.18 bits per heavy atom. The normalized spacial score (nSPS) is 18.2. The summed E-state index contributed by atoms with van der Waals surface area (Å²) in [7, 11) is 0. The summed E-state index contributed by atoms with van der Waals surface area (Å²) in [6.07, 6.45) is 1.98. The molecule has 1 aliphatic rings. The van der Waals surface area contributed by atoms with Crippen LogP contribution in [-0.4, -0.2) is 24.4 Å². The van der Waals surface area contributed by atoms with E-state index in [0.29, 0.717) is 12.7 Å². The van der Waals surface area contributed by atoms with Crippen molar-refractivity contribution in [2.75, 3.05) is 13.1 Å². The number of nitrogens with one attached hydrogen (secondary N) is 1. The van der Waals surface area contributed by atoms with Gasteiger partial charge in [-0.1, -0.05) is 5.16 Å². The van der Waals surface area contributed by atoms with E-state index >= 15 is 0 Å². The Balaban J connectivity index is 1.74. The Labute approximate surface area is 64.5 Å². The third kappa shape index (κ3) is 1.58. The minimum atomic E-state index is 0.361. The van der Waals surface area contributed by atoms with Gasteiger partial charge in [0, 0.05) is 19.2 Å². The van der Waals surface area contributed by atoms with Gasteiger partial charge in [-0.25, -0.2) is 0 Å². The molecule has 0 atom stereocenters. The van der Waals surface area contributed by atoms with Crippen molar-refractivity contribution in [3.63, 3.8) is 0 Å². The summed E-state index contributed by atoms with van der Waals surface area (Å²) in [4.78, 5) is 0. The van der Waals surface area contributed by atoms with Crippen molar-refractivity contribution in [1.82, 2.24) is 10.5 Å². The summed E-state index contributed by atoms with van der Waals surface area (Å²) < 4.78 is 10.3. The molecule has 0 aliphatic carbocycles. The van der Waals surface area contributed by atoms with Crippen molar-refractivity contribution in [1.29, 1.82) is 0 Å². The molecule has 2 heterocycles. The van der Waals surface area contributed by atoms with Gasteiger partial charge in [-0.3, -0.25) is 0 Å². The average Bonchev–Trinajstić information content (AvgIpc) is 2.36. The predicted molar refractivity (Wildman–Crippen MR) is 37.9 cm³/mol. The van der Waals surface area contributed by atoms with E-state index in [9.17, 15) is 0 Å². The van der Waals surface area contributed by atoms with Gasteiger partial charge in [0.1, 0.15) is 6.61 Å². The van der Waals surface area contributed by atoms with Gasteiger partial charge in [0.2, 0.25) is 0 Å². The first-order valence-electron chi connectivity index (χ1n) is 3.67. The largest absolute Gasteiger partial charge is 0.368 e. The average molecular weight is 154 g/mol. The molecule has 0 saturated carbocycles. The molecule has 4 heteroatoms. The lowest BCUT2D eigenvalue weighted by Gasteiger charge is -2.26. The molecule has 0 amide bonds. The predicted octanol–water partition coefficient (Wildman–Crippen LogP) is 0.163. The zero-order valence-corrected chi connectivity index (χ0v) is 6.12. The Morgan fingerprint density at radius 1 is 1.73 bits per heavy atom. The second-order valence-electron chi connectivity index (χ2n) is 2.57. The Kier molecular flexibility index (Phi) is 1.87. The molecule has 1 fully saturated rings. The maximum Gasteiger partial charge on any atom is 0.162 e. The van der Waals surface area contributed by atoms with Crippen LogP contribution in [0.25, 0.3) is 0 Å². The van der Waals surface area contributed by atoms with E-state index in [0.717, 1.165) is 18.8 Å². The molecule has 60 valence electrons. The summed E-state index contributed by atoms with van der Waals surface area (Å²) in [5.41, 5.74) is 0. The molecule has 4 nitrogen and oxygen atoms in total. The molecular formula is C7H10N2O2. The van der Waals surface area contributed by atoms with Crippen LogP contribution in [0.15, 0.2) is 16.8 Å². The topological polar surface area (TPSA) is 47.3 Å². The van der Waals surface area contributed by atoms with Crippen LogP contribution in [0.2, 0.25) is 0 Å². The van der Waals surface area contributed by atoms with Gasteiger partial charge in [-0.2, -0.15) is 0 Å². The first-order valence-corrected chi connectivity index (χ1v) is 3.67. The fraction of sp³-hybridized carbons (Fsp3) is 0.571. The molecule has 2 rings (SSSR count). The second-order valence-corrected chi connectivity index (χ2v) is 2.57. The summed E-state index contributed by atoms with van der Waals surface area (Å²) in [6, 6.07) is 1.81. The molecule has 1 saturated heterocycles. The Morgan fingerprint density at radius 2 is 2.64 bits per heavy atom. The lowest BCUT2D eigenvalue weighted by Crippen LogP contribution is -2.48. The van der Waals surface area contributed by atoms with Gasteiger partial charge in [0.05, 0.1) is 12.3 Å². The summed E-state index contributed by atoms with van der Waals surface area (Å²) in [5, 5.41) is 6.69. The smallest absolute Gasteiger partial charge is 0.162 e. The van der Waals surface area contributed by atoms with E-state index in [2.05, 4.69) is 10.5 Å². The zero-order chi connectivity index (χ0) is 7.52. The lowest BCUT2D eigenvalue weighted by atomic mass is 10.2. The van der Waals surface area contributed by atoms with Crippen LogP contribution in [0.4, 0.5) is 0 Å². The van der Waals surface area contributed by atoms with Crippen LogP contribution in [0.5, 0.6) is 0 Å². The van der Waals surface area contributed by atoms with E-state index in [1.807, 2.05) is 6.07 Å². The van der Waals surface area contributed by atoms with Crippen molar-refractivity contribution in [2.24, 2.45) is 0 Å². The number of rotatable bonds is 3. The standard InChI is InChI=1S/C7H10N2O2/c1-2-9-11-6(1)5-10-7-3-8-4-7/h1-2,7-8H,3-5H2. The molecular weight excluding hydrogens is 144 g/mol. The molecule has 0 aromatic carbocycles. The molecule has 11 heavy (non-hydrogen) atoms. The summed E-state index contributed by atoms with van der Waals surface area (Å²) in [5.74, 6) is 0.789. The Bertz CT molecular complexity index is 206. The van der Waals surface area contributed by atoms with Gasteiger partial charge < -0.3 is 14.6 Å². The van der Waals surface area contributed by atoms with Crippen LogP contribution >= 0.6 is 0 Å². The number of aromatic nitrogens is 1. The van der Waals surface area contributed by atoms with Crippen LogP contribution < -0.4 is 5.32 Å². The lowest BCUT2D eigenvalue weighted by molar-refractivity contribution is -0.00200. The molecule has 0 spiro atoms. The third-order valence-electron chi connectivity index (χ3n) is 1.70. The molecule has 1 aromatic heterocycles. The van der Waals surface area contributed by atoms with Crippen LogP contribution in [0, 0.1) is 0 Å². The Hall–Kier alpha value is -0.870. The molecule has 1 N–H and O–H groups in total. The molecule has 0 radical (unpaired) electrons. The van der Waals surface area contributed by atoms with Crippen molar-refractivity contribution >= 4 is 0 Å². The van der Waals surface area contributed by atoms with Crippen molar-refractivity contribution < 1.29 is 9.26 Å². The van der Waals surface area contributed by atoms with Gasteiger partial charge in [0.25, 0.3) is 0 Å². The molecule has 1 aliphatic heterocycles. The second kappa shape index (κ2) is 3.02. The van der Waals surface area contributed by atoms with Crippen molar-refractivity contribution in [3.05, 3.63) is 18.0 Å². The van der Waals surface area contributed by atoms with E-state index in [1.54, 1.807) is 6.20 Å². The van der Waals surface area contributed by atoms with Gasteiger partial charge in [-0.05, 0) is 0 Å². The SMILES string of the molecule is c1cc(COC2CNC2)on1. The minimum absolute atomic E-state index is 0.361. The third-order valence-corrected chi connectivity index (χ3v) is 1.70. The van der Waals surface area contributed by atoms with Crippen LogP contribution in [0.3, 0.4) is 0 Å². The maximum absolute atomic E-state index is 5.43. The highest BCUT2D eigenvalue weighted by Crippen LogP contribution is 2.04. The first-order chi connectivity index (χ1) is 5.45. The van der Waals surface area contributed by atoms with E-state index in [4.69, 9.17) is 9.26 Å². The zero-order valence-electron chi connectivity index (χ0n) is 6.12. The highest BCUT2D eigenvalue weighted by molar-refractivity contribution is 4.90. The minimum Gasteiger partial charge on any atom is -0.368 e. The monoisotopic (exact) mass is 154 g/mol. The molecule has 0 unspecified atom stereocenters. The van der Waals surface area contributed by atoms with E-state index < -0.39 is 0 Å². The highest BCUT2D eigenvalue weighted by atomic mass is 16.5.